The van der Waals surface area contributed by atoms with Crippen LogP contribution in [-0.2, 0) is 4.74 Å². The van der Waals surface area contributed by atoms with Crippen LogP contribution in [0.25, 0.3) is 5.57 Å². The largest absolute Gasteiger partial charge is 0.507 e. The topological polar surface area (TPSA) is 29.5 Å². The Balaban J connectivity index is 2.39. The van der Waals surface area contributed by atoms with E-state index in [1.807, 2.05) is 12.1 Å². The Morgan fingerprint density at radius 2 is 2.21 bits per heavy atom. The van der Waals surface area contributed by atoms with E-state index >= 15 is 0 Å². The molecule has 3 heteroatoms. The third kappa shape index (κ3) is 1.93. The van der Waals surface area contributed by atoms with E-state index in [2.05, 4.69) is 15.9 Å². The van der Waals surface area contributed by atoms with E-state index in [1.165, 1.54) is 0 Å². The predicted octanol–water partition coefficient (Wildman–Crippen LogP) is 3.31. The summed E-state index contributed by atoms with van der Waals surface area (Å²) < 4.78 is 6.21. The Kier molecular flexibility index (Phi) is 2.77. The highest BCUT2D eigenvalue weighted by Gasteiger charge is 2.11. The van der Waals surface area contributed by atoms with Crippen molar-refractivity contribution in [3.63, 3.8) is 0 Å². The van der Waals surface area contributed by atoms with Crippen molar-refractivity contribution in [3.05, 3.63) is 34.5 Å². The molecule has 2 nitrogen and oxygen atoms in total. The normalized spacial score (nSPS) is 15.9. The Hall–Kier alpha value is -0.960. The number of halogens is 1. The molecule has 74 valence electrons. The number of aromatic hydroxyl groups is 1. The van der Waals surface area contributed by atoms with Crippen LogP contribution in [0.5, 0.6) is 5.75 Å². The van der Waals surface area contributed by atoms with Gasteiger partial charge in [0.15, 0.2) is 0 Å². The van der Waals surface area contributed by atoms with Crippen molar-refractivity contribution in [2.24, 2.45) is 0 Å². The first-order valence-corrected chi connectivity index (χ1v) is 5.36. The van der Waals surface area contributed by atoms with E-state index in [0.29, 0.717) is 5.75 Å². The molecule has 1 aliphatic rings. The zero-order valence-corrected chi connectivity index (χ0v) is 9.25. The Morgan fingerprint density at radius 3 is 2.93 bits per heavy atom. The van der Waals surface area contributed by atoms with Crippen molar-refractivity contribution < 1.29 is 9.84 Å². The number of allylic oxidation sites excluding steroid dienone is 1. The molecule has 0 amide bonds. The smallest absolute Gasteiger partial charge is 0.123 e. The van der Waals surface area contributed by atoms with Gasteiger partial charge in [-0.1, -0.05) is 15.9 Å². The molecule has 1 heterocycles. The second-order valence-electron chi connectivity index (χ2n) is 3.28. The second-order valence-corrected chi connectivity index (χ2v) is 4.19. The van der Waals surface area contributed by atoms with Gasteiger partial charge in [0.2, 0.25) is 0 Å². The van der Waals surface area contributed by atoms with Crippen molar-refractivity contribution >= 4 is 21.5 Å². The number of phenolic OH excluding ortho intramolecular Hbond substituents is 1. The van der Waals surface area contributed by atoms with Crippen molar-refractivity contribution in [1.29, 1.82) is 0 Å². The standard InChI is InChI=1S/C11H11BrO2/c12-9-3-4-11(13)10(6-9)8-2-1-5-14-7-8/h3-4,6-7,13H,1-2,5H2. The number of rotatable bonds is 1. The first kappa shape index (κ1) is 9.59. The van der Waals surface area contributed by atoms with Gasteiger partial charge in [0.1, 0.15) is 5.75 Å². The Labute approximate surface area is 91.3 Å². The molecular formula is C11H11BrO2. The highest BCUT2D eigenvalue weighted by molar-refractivity contribution is 9.10. The summed E-state index contributed by atoms with van der Waals surface area (Å²) >= 11 is 3.38. The van der Waals surface area contributed by atoms with Gasteiger partial charge in [-0.05, 0) is 36.6 Å². The van der Waals surface area contributed by atoms with Crippen LogP contribution in [0.15, 0.2) is 28.9 Å². The first-order chi connectivity index (χ1) is 6.77. The molecule has 0 saturated carbocycles. The van der Waals surface area contributed by atoms with Crippen molar-refractivity contribution in [3.8, 4) is 5.75 Å². The fraction of sp³-hybridized carbons (Fsp3) is 0.273. The fourth-order valence-corrected chi connectivity index (χ4v) is 1.89. The lowest BCUT2D eigenvalue weighted by molar-refractivity contribution is 0.235. The van der Waals surface area contributed by atoms with Crippen LogP contribution in [0.1, 0.15) is 18.4 Å². The summed E-state index contributed by atoms with van der Waals surface area (Å²) in [6.45, 7) is 0.776. The highest BCUT2D eigenvalue weighted by atomic mass is 79.9. The van der Waals surface area contributed by atoms with Gasteiger partial charge in [-0.25, -0.2) is 0 Å². The van der Waals surface area contributed by atoms with Crippen LogP contribution in [0.4, 0.5) is 0 Å². The molecule has 1 N–H and O–H groups in total. The molecule has 14 heavy (non-hydrogen) atoms. The van der Waals surface area contributed by atoms with Crippen molar-refractivity contribution in [1.82, 2.24) is 0 Å². The van der Waals surface area contributed by atoms with E-state index in [4.69, 9.17) is 4.74 Å². The van der Waals surface area contributed by atoms with Crippen LogP contribution < -0.4 is 0 Å². The van der Waals surface area contributed by atoms with Gasteiger partial charge in [0.05, 0.1) is 12.9 Å². The molecule has 0 atom stereocenters. The number of ether oxygens (including phenoxy) is 1. The van der Waals surface area contributed by atoms with Gasteiger partial charge in [0, 0.05) is 10.0 Å². The minimum absolute atomic E-state index is 0.310. The van der Waals surface area contributed by atoms with E-state index in [1.54, 1.807) is 12.3 Å². The lowest BCUT2D eigenvalue weighted by Crippen LogP contribution is -1.98. The Morgan fingerprint density at radius 1 is 1.36 bits per heavy atom. The zero-order chi connectivity index (χ0) is 9.97. The minimum Gasteiger partial charge on any atom is -0.507 e. The molecule has 0 radical (unpaired) electrons. The summed E-state index contributed by atoms with van der Waals surface area (Å²) in [7, 11) is 0. The predicted molar refractivity (Wildman–Crippen MR) is 59.0 cm³/mol. The zero-order valence-electron chi connectivity index (χ0n) is 7.66. The monoisotopic (exact) mass is 254 g/mol. The molecule has 0 unspecified atom stereocenters. The third-order valence-electron chi connectivity index (χ3n) is 2.24. The molecule has 0 aliphatic carbocycles. The summed E-state index contributed by atoms with van der Waals surface area (Å²) in [6.07, 6.45) is 3.72. The molecule has 1 aliphatic heterocycles. The van der Waals surface area contributed by atoms with Gasteiger partial charge in [-0.15, -0.1) is 0 Å². The van der Waals surface area contributed by atoms with E-state index in [0.717, 1.165) is 35.1 Å². The summed E-state index contributed by atoms with van der Waals surface area (Å²) in [6, 6.07) is 5.42. The molecule has 0 bridgehead atoms. The SMILES string of the molecule is Oc1ccc(Br)cc1C1=COCCC1. The lowest BCUT2D eigenvalue weighted by Gasteiger charge is -2.14. The van der Waals surface area contributed by atoms with Gasteiger partial charge >= 0.3 is 0 Å². The van der Waals surface area contributed by atoms with Crippen molar-refractivity contribution in [2.75, 3.05) is 6.61 Å². The molecule has 0 spiro atoms. The molecule has 0 saturated heterocycles. The minimum atomic E-state index is 0.310. The molecule has 1 aromatic rings. The molecule has 1 aromatic carbocycles. The van der Waals surface area contributed by atoms with E-state index in [-0.39, 0.29) is 0 Å². The quantitative estimate of drug-likeness (QED) is 0.834. The maximum Gasteiger partial charge on any atom is 0.123 e. The second kappa shape index (κ2) is 4.05. The Bertz CT molecular complexity index is 372. The fourth-order valence-electron chi connectivity index (χ4n) is 1.53. The average molecular weight is 255 g/mol. The summed E-state index contributed by atoms with van der Waals surface area (Å²) in [4.78, 5) is 0. The van der Waals surface area contributed by atoms with Crippen LogP contribution in [-0.4, -0.2) is 11.7 Å². The number of benzene rings is 1. The number of phenols is 1. The van der Waals surface area contributed by atoms with Crippen LogP contribution >= 0.6 is 15.9 Å². The first-order valence-electron chi connectivity index (χ1n) is 4.57. The highest BCUT2D eigenvalue weighted by Crippen LogP contribution is 2.32. The van der Waals surface area contributed by atoms with Gasteiger partial charge in [-0.3, -0.25) is 0 Å². The van der Waals surface area contributed by atoms with Crippen molar-refractivity contribution in [2.45, 2.75) is 12.8 Å². The summed E-state index contributed by atoms with van der Waals surface area (Å²) in [5.41, 5.74) is 1.93. The number of hydrogen-bond donors (Lipinski definition) is 1. The number of hydrogen-bond acceptors (Lipinski definition) is 2. The maximum absolute atomic E-state index is 9.67. The molecule has 0 fully saturated rings. The third-order valence-corrected chi connectivity index (χ3v) is 2.73. The average Bonchev–Trinajstić information content (AvgIpc) is 2.23. The maximum atomic E-state index is 9.67. The van der Waals surface area contributed by atoms with Crippen LogP contribution in [0.3, 0.4) is 0 Å². The molecule has 0 aromatic heterocycles. The summed E-state index contributed by atoms with van der Waals surface area (Å²) in [5.74, 6) is 0.310. The van der Waals surface area contributed by atoms with Gasteiger partial charge in [-0.2, -0.15) is 0 Å². The van der Waals surface area contributed by atoms with Crippen LogP contribution in [0.2, 0.25) is 0 Å². The van der Waals surface area contributed by atoms with Gasteiger partial charge in [0.25, 0.3) is 0 Å². The summed E-state index contributed by atoms with van der Waals surface area (Å²) in [5, 5.41) is 9.67. The molecular weight excluding hydrogens is 244 g/mol. The van der Waals surface area contributed by atoms with E-state index < -0.39 is 0 Å². The molecule has 2 rings (SSSR count). The van der Waals surface area contributed by atoms with E-state index in [9.17, 15) is 5.11 Å². The van der Waals surface area contributed by atoms with Crippen LogP contribution in [0, 0.1) is 0 Å². The lowest BCUT2D eigenvalue weighted by atomic mass is 10.0. The van der Waals surface area contributed by atoms with Gasteiger partial charge < -0.3 is 9.84 Å².